The first kappa shape index (κ1) is 13.0. The quantitative estimate of drug-likeness (QED) is 0.675. The third kappa shape index (κ3) is 3.68. The van der Waals surface area contributed by atoms with E-state index in [-0.39, 0.29) is 0 Å². The zero-order valence-electron chi connectivity index (χ0n) is 10.0. The van der Waals surface area contributed by atoms with Gasteiger partial charge in [-0.2, -0.15) is 0 Å². The van der Waals surface area contributed by atoms with E-state index in [0.717, 1.165) is 24.3 Å². The van der Waals surface area contributed by atoms with Crippen molar-refractivity contribution in [2.45, 2.75) is 47.5 Å². The maximum absolute atomic E-state index is 5.69. The highest BCUT2D eigenvalue weighted by Gasteiger charge is 2.23. The zero-order valence-corrected chi connectivity index (χ0v) is 10.0. The molecular weight excluding hydrogens is 158 g/mol. The van der Waals surface area contributed by atoms with Crippen molar-refractivity contribution in [3.8, 4) is 0 Å². The molecule has 0 fully saturated rings. The monoisotopic (exact) mass is 185 g/mol. The Morgan fingerprint density at radius 3 is 1.69 bits per heavy atom. The van der Waals surface area contributed by atoms with Gasteiger partial charge in [-0.3, -0.25) is 0 Å². The van der Waals surface area contributed by atoms with Crippen LogP contribution in [0, 0.1) is 23.7 Å². The van der Waals surface area contributed by atoms with Crippen LogP contribution in [0.2, 0.25) is 0 Å². The number of hydrogen-bond donors (Lipinski definition) is 1. The van der Waals surface area contributed by atoms with E-state index < -0.39 is 0 Å². The molecule has 0 aliphatic heterocycles. The molecule has 3 atom stereocenters. The van der Waals surface area contributed by atoms with Crippen LogP contribution in [0.25, 0.3) is 0 Å². The van der Waals surface area contributed by atoms with Crippen molar-refractivity contribution in [3.63, 3.8) is 0 Å². The standard InChI is InChI=1S/C12H27N/c1-6-12(7-2)11(5)10(4)9(3)8-13/h9-12H,6-8,13H2,1-5H3. The third-order valence-electron chi connectivity index (χ3n) is 3.89. The highest BCUT2D eigenvalue weighted by Crippen LogP contribution is 2.30. The van der Waals surface area contributed by atoms with Gasteiger partial charge in [0.1, 0.15) is 0 Å². The second-order valence-corrected chi connectivity index (χ2v) is 4.51. The summed E-state index contributed by atoms with van der Waals surface area (Å²) < 4.78 is 0. The zero-order chi connectivity index (χ0) is 10.4. The fourth-order valence-corrected chi connectivity index (χ4v) is 2.19. The normalized spacial score (nSPS) is 18.7. The molecule has 0 spiro atoms. The van der Waals surface area contributed by atoms with Crippen LogP contribution in [-0.4, -0.2) is 6.54 Å². The van der Waals surface area contributed by atoms with E-state index >= 15 is 0 Å². The topological polar surface area (TPSA) is 26.0 Å². The van der Waals surface area contributed by atoms with Crippen molar-refractivity contribution in [1.29, 1.82) is 0 Å². The van der Waals surface area contributed by atoms with Crippen molar-refractivity contribution < 1.29 is 0 Å². The van der Waals surface area contributed by atoms with Crippen LogP contribution in [0.4, 0.5) is 0 Å². The van der Waals surface area contributed by atoms with Gasteiger partial charge >= 0.3 is 0 Å². The summed E-state index contributed by atoms with van der Waals surface area (Å²) in [5.41, 5.74) is 5.69. The summed E-state index contributed by atoms with van der Waals surface area (Å²) in [7, 11) is 0. The lowest BCUT2D eigenvalue weighted by Gasteiger charge is -2.31. The number of rotatable bonds is 6. The van der Waals surface area contributed by atoms with Gasteiger partial charge in [0, 0.05) is 0 Å². The Hall–Kier alpha value is -0.0400. The highest BCUT2D eigenvalue weighted by atomic mass is 14.5. The second kappa shape index (κ2) is 6.42. The molecule has 0 aromatic rings. The predicted octanol–water partition coefficient (Wildman–Crippen LogP) is 3.29. The van der Waals surface area contributed by atoms with Crippen LogP contribution in [0.3, 0.4) is 0 Å². The smallest absolute Gasteiger partial charge is 0.00489 e. The Bertz CT molecular complexity index is 118. The van der Waals surface area contributed by atoms with Gasteiger partial charge in [-0.1, -0.05) is 47.5 Å². The average Bonchev–Trinajstić information content (AvgIpc) is 2.17. The van der Waals surface area contributed by atoms with Crippen molar-refractivity contribution in [2.75, 3.05) is 6.54 Å². The SMILES string of the molecule is CCC(CC)C(C)C(C)C(C)CN. The van der Waals surface area contributed by atoms with E-state index in [2.05, 4.69) is 34.6 Å². The molecule has 0 aliphatic rings. The first-order valence-electron chi connectivity index (χ1n) is 5.78. The Kier molecular flexibility index (Phi) is 6.40. The van der Waals surface area contributed by atoms with Gasteiger partial charge in [-0.15, -0.1) is 0 Å². The van der Waals surface area contributed by atoms with Crippen LogP contribution in [0.5, 0.6) is 0 Å². The Morgan fingerprint density at radius 1 is 0.923 bits per heavy atom. The molecule has 3 unspecified atom stereocenters. The largest absolute Gasteiger partial charge is 0.330 e. The molecule has 2 N–H and O–H groups in total. The van der Waals surface area contributed by atoms with Gasteiger partial charge in [0.2, 0.25) is 0 Å². The van der Waals surface area contributed by atoms with E-state index in [1.54, 1.807) is 0 Å². The maximum atomic E-state index is 5.69. The summed E-state index contributed by atoms with van der Waals surface area (Å²) in [6.07, 6.45) is 2.61. The molecule has 1 heteroatoms. The van der Waals surface area contributed by atoms with E-state index in [1.807, 2.05) is 0 Å². The maximum Gasteiger partial charge on any atom is -0.00489 e. The molecule has 0 saturated heterocycles. The van der Waals surface area contributed by atoms with Gasteiger partial charge in [0.05, 0.1) is 0 Å². The lowest BCUT2D eigenvalue weighted by molar-refractivity contribution is 0.196. The van der Waals surface area contributed by atoms with Gasteiger partial charge in [-0.25, -0.2) is 0 Å². The molecule has 0 rings (SSSR count). The van der Waals surface area contributed by atoms with Gasteiger partial charge in [0.15, 0.2) is 0 Å². The van der Waals surface area contributed by atoms with E-state index in [4.69, 9.17) is 5.73 Å². The van der Waals surface area contributed by atoms with Gasteiger partial charge in [-0.05, 0) is 30.2 Å². The highest BCUT2D eigenvalue weighted by molar-refractivity contribution is 4.73. The minimum absolute atomic E-state index is 0.663. The molecule has 80 valence electrons. The lowest BCUT2D eigenvalue weighted by Crippen LogP contribution is -2.27. The molecule has 0 bridgehead atoms. The summed E-state index contributed by atoms with van der Waals surface area (Å²) in [5.74, 6) is 3.11. The molecule has 1 nitrogen and oxygen atoms in total. The minimum atomic E-state index is 0.663. The molecule has 0 amide bonds. The third-order valence-corrected chi connectivity index (χ3v) is 3.89. The first-order valence-corrected chi connectivity index (χ1v) is 5.78. The summed E-state index contributed by atoms with van der Waals surface area (Å²) in [6.45, 7) is 12.4. The Morgan fingerprint density at radius 2 is 1.38 bits per heavy atom. The average molecular weight is 185 g/mol. The van der Waals surface area contributed by atoms with E-state index in [0.29, 0.717) is 5.92 Å². The van der Waals surface area contributed by atoms with Crippen molar-refractivity contribution in [3.05, 3.63) is 0 Å². The first-order chi connectivity index (χ1) is 6.08. The fourth-order valence-electron chi connectivity index (χ4n) is 2.19. The van der Waals surface area contributed by atoms with Crippen LogP contribution < -0.4 is 5.73 Å². The Labute approximate surface area is 84.1 Å². The van der Waals surface area contributed by atoms with Crippen molar-refractivity contribution in [2.24, 2.45) is 29.4 Å². The summed E-state index contributed by atoms with van der Waals surface area (Å²) in [5, 5.41) is 0. The summed E-state index contributed by atoms with van der Waals surface area (Å²) in [4.78, 5) is 0. The fraction of sp³-hybridized carbons (Fsp3) is 1.00. The summed E-state index contributed by atoms with van der Waals surface area (Å²) in [6, 6.07) is 0. The minimum Gasteiger partial charge on any atom is -0.330 e. The van der Waals surface area contributed by atoms with Gasteiger partial charge < -0.3 is 5.73 Å². The number of nitrogens with two attached hydrogens (primary N) is 1. The van der Waals surface area contributed by atoms with Crippen LogP contribution in [-0.2, 0) is 0 Å². The van der Waals surface area contributed by atoms with Gasteiger partial charge in [0.25, 0.3) is 0 Å². The molecule has 0 heterocycles. The molecule has 13 heavy (non-hydrogen) atoms. The predicted molar refractivity (Wildman–Crippen MR) is 60.6 cm³/mol. The van der Waals surface area contributed by atoms with Crippen molar-refractivity contribution >= 4 is 0 Å². The second-order valence-electron chi connectivity index (χ2n) is 4.51. The molecule has 0 saturated carbocycles. The van der Waals surface area contributed by atoms with Crippen LogP contribution in [0.15, 0.2) is 0 Å². The number of hydrogen-bond acceptors (Lipinski definition) is 1. The molecule has 0 aliphatic carbocycles. The summed E-state index contributed by atoms with van der Waals surface area (Å²) >= 11 is 0. The van der Waals surface area contributed by atoms with Crippen LogP contribution in [0.1, 0.15) is 47.5 Å². The molecular formula is C12H27N. The lowest BCUT2D eigenvalue weighted by atomic mass is 9.76. The molecule has 0 aromatic carbocycles. The van der Waals surface area contributed by atoms with E-state index in [9.17, 15) is 0 Å². The Balaban J connectivity index is 4.13. The van der Waals surface area contributed by atoms with Crippen molar-refractivity contribution in [1.82, 2.24) is 0 Å². The molecule has 0 aromatic heterocycles. The van der Waals surface area contributed by atoms with E-state index in [1.165, 1.54) is 12.8 Å². The molecule has 0 radical (unpaired) electrons. The van der Waals surface area contributed by atoms with Crippen LogP contribution >= 0.6 is 0 Å².